The van der Waals surface area contributed by atoms with Crippen molar-refractivity contribution in [3.63, 3.8) is 0 Å². The number of aliphatic hydroxyl groups is 1. The van der Waals surface area contributed by atoms with E-state index < -0.39 is 18.2 Å². The van der Waals surface area contributed by atoms with Crippen molar-refractivity contribution in [2.24, 2.45) is 0 Å². The van der Waals surface area contributed by atoms with E-state index in [0.717, 1.165) is 22.3 Å². The van der Waals surface area contributed by atoms with Crippen LogP contribution in [-0.4, -0.2) is 28.9 Å². The lowest BCUT2D eigenvalue weighted by Crippen LogP contribution is -2.18. The van der Waals surface area contributed by atoms with E-state index in [0.29, 0.717) is 5.69 Å². The molecule has 3 aromatic carbocycles. The van der Waals surface area contributed by atoms with E-state index in [1.165, 1.54) is 12.1 Å². The zero-order chi connectivity index (χ0) is 20.4. The Bertz CT molecular complexity index is 1030. The highest BCUT2D eigenvalue weighted by atomic mass is 16.5. The van der Waals surface area contributed by atoms with Gasteiger partial charge in [0, 0.05) is 11.6 Å². The fraction of sp³-hybridized carbons (Fsp3) is 0.130. The molecule has 0 radical (unpaired) electrons. The molecule has 0 spiro atoms. The number of hydrogen-bond donors (Lipinski definition) is 3. The number of carbonyl (C=O) groups excluding carboxylic acids is 1. The van der Waals surface area contributed by atoms with Crippen LogP contribution in [0.2, 0.25) is 0 Å². The molecule has 6 nitrogen and oxygen atoms in total. The van der Waals surface area contributed by atoms with Crippen molar-refractivity contribution in [2.75, 3.05) is 11.9 Å². The summed E-state index contributed by atoms with van der Waals surface area (Å²) in [6.45, 7) is 0.178. The van der Waals surface area contributed by atoms with E-state index >= 15 is 0 Å². The van der Waals surface area contributed by atoms with Crippen LogP contribution in [0.1, 0.15) is 28.7 Å². The predicted octanol–water partition coefficient (Wildman–Crippen LogP) is 4.17. The molecule has 3 N–H and O–H groups in total. The first kappa shape index (κ1) is 18.7. The van der Waals surface area contributed by atoms with Crippen LogP contribution in [0.4, 0.5) is 10.5 Å². The summed E-state index contributed by atoms with van der Waals surface area (Å²) >= 11 is 0. The molecule has 1 atom stereocenters. The number of carboxylic acids is 1. The molecular weight excluding hydrogens is 370 g/mol. The summed E-state index contributed by atoms with van der Waals surface area (Å²) in [5, 5.41) is 21.1. The summed E-state index contributed by atoms with van der Waals surface area (Å²) in [6.07, 6.45) is -2.30. The monoisotopic (exact) mass is 389 g/mol. The molecule has 146 valence electrons. The molecule has 4 rings (SSSR count). The molecule has 29 heavy (non-hydrogen) atoms. The molecule has 0 heterocycles. The van der Waals surface area contributed by atoms with E-state index in [1.807, 2.05) is 36.4 Å². The van der Waals surface area contributed by atoms with Crippen molar-refractivity contribution < 1.29 is 24.5 Å². The second-order valence-electron chi connectivity index (χ2n) is 6.82. The third-order valence-electron chi connectivity index (χ3n) is 5.03. The number of aliphatic hydroxyl groups excluding tert-OH is 1. The lowest BCUT2D eigenvalue weighted by molar-refractivity contribution is -0.146. The minimum atomic E-state index is -1.65. The van der Waals surface area contributed by atoms with Gasteiger partial charge in [0.1, 0.15) is 6.61 Å². The van der Waals surface area contributed by atoms with Gasteiger partial charge in [-0.3, -0.25) is 5.32 Å². The van der Waals surface area contributed by atoms with Crippen LogP contribution in [0.25, 0.3) is 11.1 Å². The summed E-state index contributed by atoms with van der Waals surface area (Å²) in [5.74, 6) is -1.41. The molecule has 1 aliphatic rings. The summed E-state index contributed by atoms with van der Waals surface area (Å²) in [6, 6.07) is 22.2. The summed E-state index contributed by atoms with van der Waals surface area (Å²) < 4.78 is 5.46. The Morgan fingerprint density at radius 1 is 0.931 bits per heavy atom. The maximum absolute atomic E-state index is 12.3. The lowest BCUT2D eigenvalue weighted by atomic mass is 9.98. The average Bonchev–Trinajstić information content (AvgIpc) is 3.05. The highest BCUT2D eigenvalue weighted by Gasteiger charge is 2.29. The van der Waals surface area contributed by atoms with Crippen molar-refractivity contribution in [1.82, 2.24) is 0 Å². The molecule has 0 saturated carbocycles. The highest BCUT2D eigenvalue weighted by molar-refractivity contribution is 5.85. The number of aliphatic carboxylic acids is 1. The van der Waals surface area contributed by atoms with Crippen molar-refractivity contribution in [3.8, 4) is 11.1 Å². The molecule has 0 bridgehead atoms. The number of rotatable bonds is 5. The second kappa shape index (κ2) is 7.77. The molecule has 1 amide bonds. The van der Waals surface area contributed by atoms with Gasteiger partial charge in [0.05, 0.1) is 0 Å². The van der Waals surface area contributed by atoms with E-state index in [-0.39, 0.29) is 18.1 Å². The molecule has 0 saturated heterocycles. The van der Waals surface area contributed by atoms with E-state index in [9.17, 15) is 14.7 Å². The Labute approximate surface area is 167 Å². The summed E-state index contributed by atoms with van der Waals surface area (Å²) in [7, 11) is 0. The topological polar surface area (TPSA) is 95.9 Å². The van der Waals surface area contributed by atoms with Crippen LogP contribution >= 0.6 is 0 Å². The Morgan fingerprint density at radius 2 is 1.55 bits per heavy atom. The molecule has 0 aromatic heterocycles. The van der Waals surface area contributed by atoms with Gasteiger partial charge in [0.25, 0.3) is 0 Å². The molecule has 0 fully saturated rings. The first-order valence-corrected chi connectivity index (χ1v) is 9.17. The van der Waals surface area contributed by atoms with Gasteiger partial charge in [0.2, 0.25) is 0 Å². The lowest BCUT2D eigenvalue weighted by Gasteiger charge is -2.15. The van der Waals surface area contributed by atoms with Crippen LogP contribution in [0, 0.1) is 0 Å². The van der Waals surface area contributed by atoms with E-state index in [4.69, 9.17) is 9.84 Å². The number of carbonyl (C=O) groups is 2. The fourth-order valence-electron chi connectivity index (χ4n) is 3.68. The molecule has 0 aliphatic heterocycles. The maximum Gasteiger partial charge on any atom is 0.411 e. The quantitative estimate of drug-likeness (QED) is 0.609. The van der Waals surface area contributed by atoms with Gasteiger partial charge in [-0.1, -0.05) is 60.7 Å². The zero-order valence-electron chi connectivity index (χ0n) is 15.4. The van der Waals surface area contributed by atoms with Crippen LogP contribution in [0.3, 0.4) is 0 Å². The predicted molar refractivity (Wildman–Crippen MR) is 108 cm³/mol. The molecule has 1 aliphatic carbocycles. The van der Waals surface area contributed by atoms with Crippen LogP contribution < -0.4 is 5.32 Å². The number of carboxylic acid groups (broad SMARTS) is 1. The van der Waals surface area contributed by atoms with Crippen LogP contribution in [-0.2, 0) is 9.53 Å². The number of hydrogen-bond acceptors (Lipinski definition) is 4. The van der Waals surface area contributed by atoms with Crippen LogP contribution in [0.5, 0.6) is 0 Å². The third kappa shape index (κ3) is 3.70. The SMILES string of the molecule is O=C(Nc1cccc(C(O)C(=O)O)c1)OCC1c2ccccc2-c2ccccc21. The number of benzene rings is 3. The third-order valence-corrected chi connectivity index (χ3v) is 5.03. The molecule has 1 unspecified atom stereocenters. The Balaban J connectivity index is 1.46. The first-order chi connectivity index (χ1) is 14.0. The molecule has 3 aromatic rings. The van der Waals surface area contributed by atoms with Gasteiger partial charge in [0.15, 0.2) is 6.10 Å². The zero-order valence-corrected chi connectivity index (χ0v) is 15.4. The smallest absolute Gasteiger partial charge is 0.411 e. The van der Waals surface area contributed by atoms with Gasteiger partial charge < -0.3 is 14.9 Å². The average molecular weight is 389 g/mol. The Morgan fingerprint density at radius 3 is 2.17 bits per heavy atom. The summed E-state index contributed by atoms with van der Waals surface area (Å²) in [5.41, 5.74) is 5.05. The summed E-state index contributed by atoms with van der Waals surface area (Å²) in [4.78, 5) is 23.2. The first-order valence-electron chi connectivity index (χ1n) is 9.17. The molecular formula is C23H19NO5. The van der Waals surface area contributed by atoms with Crippen molar-refractivity contribution >= 4 is 17.7 Å². The Hall–Kier alpha value is -3.64. The minimum Gasteiger partial charge on any atom is -0.479 e. The number of amides is 1. The standard InChI is InChI=1S/C23H19NO5/c25-21(22(26)27)14-6-5-7-15(12-14)24-23(28)29-13-20-18-10-3-1-8-16(18)17-9-2-4-11-19(17)20/h1-12,20-21,25H,13H2,(H,24,28)(H,26,27). The van der Waals surface area contributed by atoms with E-state index in [2.05, 4.69) is 17.4 Å². The van der Waals surface area contributed by atoms with Gasteiger partial charge in [-0.2, -0.15) is 0 Å². The number of nitrogens with one attached hydrogen (secondary N) is 1. The number of ether oxygens (including phenoxy) is 1. The van der Waals surface area contributed by atoms with Crippen LogP contribution in [0.15, 0.2) is 72.8 Å². The Kier molecular flexibility index (Phi) is 5.01. The fourth-order valence-corrected chi connectivity index (χ4v) is 3.68. The van der Waals surface area contributed by atoms with Crippen molar-refractivity contribution in [2.45, 2.75) is 12.0 Å². The van der Waals surface area contributed by atoms with Gasteiger partial charge in [-0.15, -0.1) is 0 Å². The van der Waals surface area contributed by atoms with Crippen molar-refractivity contribution in [1.29, 1.82) is 0 Å². The van der Waals surface area contributed by atoms with E-state index in [1.54, 1.807) is 12.1 Å². The minimum absolute atomic E-state index is 0.0479. The highest BCUT2D eigenvalue weighted by Crippen LogP contribution is 2.44. The second-order valence-corrected chi connectivity index (χ2v) is 6.82. The maximum atomic E-state index is 12.3. The van der Waals surface area contributed by atoms with Gasteiger partial charge in [-0.05, 0) is 39.9 Å². The van der Waals surface area contributed by atoms with Crippen molar-refractivity contribution in [3.05, 3.63) is 89.5 Å². The number of fused-ring (bicyclic) bond motifs is 3. The van der Waals surface area contributed by atoms with Gasteiger partial charge in [-0.25, -0.2) is 9.59 Å². The molecule has 6 heteroatoms. The van der Waals surface area contributed by atoms with Gasteiger partial charge >= 0.3 is 12.1 Å². The largest absolute Gasteiger partial charge is 0.479 e. The normalized spacial score (nSPS) is 13.3. The number of anilines is 1.